The third-order valence-electron chi connectivity index (χ3n) is 4.97. The fourth-order valence-electron chi connectivity index (χ4n) is 3.15. The number of thioether (sulfide) groups is 1. The van der Waals surface area contributed by atoms with Gasteiger partial charge in [-0.1, -0.05) is 47.1 Å². The highest BCUT2D eigenvalue weighted by Crippen LogP contribution is 2.30. The van der Waals surface area contributed by atoms with Crippen molar-refractivity contribution in [3.8, 4) is 17.6 Å². The molecule has 0 bridgehead atoms. The smallest absolute Gasteiger partial charge is 0.261 e. The molecule has 0 unspecified atom stereocenters. The van der Waals surface area contributed by atoms with Crippen LogP contribution in [0.2, 0.25) is 10.0 Å². The minimum Gasteiger partial charge on any atom is -0.456 e. The maximum Gasteiger partial charge on any atom is 0.261 e. The zero-order chi connectivity index (χ0) is 27.3. The van der Waals surface area contributed by atoms with Crippen LogP contribution in [0.3, 0.4) is 0 Å². The highest BCUT2D eigenvalue weighted by Gasteiger charge is 2.21. The number of carbonyl (C=O) groups excluding carboxylic acids is 1. The molecule has 0 saturated carbocycles. The molecule has 0 spiro atoms. The molecule has 3 aromatic carbocycles. The van der Waals surface area contributed by atoms with Crippen molar-refractivity contribution in [1.29, 1.82) is 5.26 Å². The van der Waals surface area contributed by atoms with E-state index in [1.807, 2.05) is 6.07 Å². The van der Waals surface area contributed by atoms with Crippen molar-refractivity contribution in [2.45, 2.75) is 10.1 Å². The van der Waals surface area contributed by atoms with Crippen LogP contribution in [0.15, 0.2) is 83.0 Å². The topological polar surface area (TPSA) is 134 Å². The van der Waals surface area contributed by atoms with Crippen LogP contribution in [-0.4, -0.2) is 30.5 Å². The van der Waals surface area contributed by atoms with Crippen LogP contribution in [-0.2, 0) is 10.0 Å². The van der Waals surface area contributed by atoms with Crippen LogP contribution in [0.4, 0.5) is 11.5 Å². The monoisotopic (exact) mass is 585 g/mol. The van der Waals surface area contributed by atoms with E-state index in [1.54, 1.807) is 30.5 Å². The van der Waals surface area contributed by atoms with Gasteiger partial charge in [-0.3, -0.25) is 9.52 Å². The van der Waals surface area contributed by atoms with E-state index in [4.69, 9.17) is 27.9 Å². The Morgan fingerprint density at radius 1 is 1.08 bits per heavy atom. The van der Waals surface area contributed by atoms with Gasteiger partial charge in [0.05, 0.1) is 27.4 Å². The van der Waals surface area contributed by atoms with Crippen molar-refractivity contribution >= 4 is 62.4 Å². The van der Waals surface area contributed by atoms with Gasteiger partial charge in [0.15, 0.2) is 11.0 Å². The molecule has 0 aliphatic carbocycles. The van der Waals surface area contributed by atoms with E-state index >= 15 is 0 Å². The fourth-order valence-corrected chi connectivity index (χ4v) is 4.92. The van der Waals surface area contributed by atoms with Crippen molar-refractivity contribution in [3.05, 3.63) is 94.1 Å². The Kier molecular flexibility index (Phi) is 8.38. The van der Waals surface area contributed by atoms with Gasteiger partial charge in [0.2, 0.25) is 0 Å². The standard InChI is InChI=1S/C25H17Cl2N5O4S2/c1-37-25-29-14-15(13-28)23(31-25)30-24(33)19-12-16(26)6-11-21(19)32-38(34,35)18-9-7-17(8-10-18)36-22-5-3-2-4-20(22)27/h2-12,14,32H,1H3,(H,29,30,31,33). The van der Waals surface area contributed by atoms with E-state index in [0.29, 0.717) is 21.7 Å². The normalized spacial score (nSPS) is 10.9. The number of nitriles is 1. The van der Waals surface area contributed by atoms with Crippen LogP contribution >= 0.6 is 35.0 Å². The molecule has 0 aliphatic rings. The number of ether oxygens (including phenoxy) is 1. The first-order valence-corrected chi connectivity index (χ1v) is 14.1. The van der Waals surface area contributed by atoms with Crippen molar-refractivity contribution in [2.75, 3.05) is 16.3 Å². The van der Waals surface area contributed by atoms with Crippen molar-refractivity contribution < 1.29 is 17.9 Å². The number of halogens is 2. The highest BCUT2D eigenvalue weighted by atomic mass is 35.5. The van der Waals surface area contributed by atoms with Gasteiger partial charge in [0, 0.05) is 5.02 Å². The number of hydrogen-bond donors (Lipinski definition) is 2. The van der Waals surface area contributed by atoms with Crippen LogP contribution in [0, 0.1) is 11.3 Å². The molecule has 4 rings (SSSR count). The second-order valence-corrected chi connectivity index (χ2v) is 10.8. The predicted molar refractivity (Wildman–Crippen MR) is 147 cm³/mol. The number of para-hydroxylation sites is 1. The number of sulfonamides is 1. The Morgan fingerprint density at radius 3 is 2.50 bits per heavy atom. The second-order valence-electron chi connectivity index (χ2n) is 7.48. The van der Waals surface area contributed by atoms with E-state index < -0.39 is 15.9 Å². The Hall–Kier alpha value is -3.82. The molecule has 0 saturated heterocycles. The lowest BCUT2D eigenvalue weighted by Crippen LogP contribution is -2.19. The Balaban J connectivity index is 1.58. The number of amides is 1. The Morgan fingerprint density at radius 2 is 1.82 bits per heavy atom. The lowest BCUT2D eigenvalue weighted by atomic mass is 10.1. The number of nitrogens with zero attached hydrogens (tertiary/aromatic N) is 3. The summed E-state index contributed by atoms with van der Waals surface area (Å²) in [5, 5.41) is 12.8. The van der Waals surface area contributed by atoms with Gasteiger partial charge in [-0.05, 0) is 60.9 Å². The first kappa shape index (κ1) is 27.2. The van der Waals surface area contributed by atoms with Crippen LogP contribution in [0.25, 0.3) is 0 Å². The van der Waals surface area contributed by atoms with Gasteiger partial charge in [0.25, 0.3) is 15.9 Å². The summed E-state index contributed by atoms with van der Waals surface area (Å²) in [4.78, 5) is 21.2. The van der Waals surface area contributed by atoms with E-state index in [9.17, 15) is 18.5 Å². The number of aromatic nitrogens is 2. The van der Waals surface area contributed by atoms with Gasteiger partial charge in [0.1, 0.15) is 23.1 Å². The van der Waals surface area contributed by atoms with E-state index in [1.165, 1.54) is 60.4 Å². The summed E-state index contributed by atoms with van der Waals surface area (Å²) in [5.41, 5.74) is -0.0618. The summed E-state index contributed by atoms with van der Waals surface area (Å²) in [6.45, 7) is 0. The summed E-state index contributed by atoms with van der Waals surface area (Å²) >= 11 is 13.4. The van der Waals surface area contributed by atoms with E-state index in [-0.39, 0.29) is 32.6 Å². The molecule has 1 heterocycles. The largest absolute Gasteiger partial charge is 0.456 e. The molecule has 1 aromatic heterocycles. The third-order valence-corrected chi connectivity index (χ3v) is 7.46. The van der Waals surface area contributed by atoms with E-state index in [2.05, 4.69) is 20.0 Å². The lowest BCUT2D eigenvalue weighted by Gasteiger charge is -2.14. The number of nitrogens with one attached hydrogen (secondary N) is 2. The first-order valence-electron chi connectivity index (χ1n) is 10.7. The van der Waals surface area contributed by atoms with Gasteiger partial charge in [-0.2, -0.15) is 5.26 Å². The minimum absolute atomic E-state index is 0.0141. The number of anilines is 2. The Bertz CT molecular complexity index is 1660. The summed E-state index contributed by atoms with van der Waals surface area (Å²) in [5.74, 6) is 0.0645. The first-order chi connectivity index (χ1) is 18.2. The zero-order valence-electron chi connectivity index (χ0n) is 19.5. The predicted octanol–water partition coefficient (Wildman–Crippen LogP) is 6.22. The summed E-state index contributed by atoms with van der Waals surface area (Å²) in [6.07, 6.45) is 3.03. The molecule has 0 fully saturated rings. The summed E-state index contributed by atoms with van der Waals surface area (Å²) < 4.78 is 34.4. The molecule has 0 atom stereocenters. The maximum absolute atomic E-state index is 13.1. The lowest BCUT2D eigenvalue weighted by molar-refractivity contribution is 0.102. The van der Waals surface area contributed by atoms with Crippen LogP contribution < -0.4 is 14.8 Å². The molecule has 2 N–H and O–H groups in total. The Labute approximate surface area is 232 Å². The van der Waals surface area contributed by atoms with Gasteiger partial charge in [-0.25, -0.2) is 18.4 Å². The van der Waals surface area contributed by atoms with Crippen LogP contribution in [0.1, 0.15) is 15.9 Å². The quantitative estimate of drug-likeness (QED) is 0.184. The molecule has 0 aliphatic heterocycles. The number of hydrogen-bond acceptors (Lipinski definition) is 8. The van der Waals surface area contributed by atoms with Crippen molar-refractivity contribution in [1.82, 2.24) is 9.97 Å². The molecule has 0 radical (unpaired) electrons. The van der Waals surface area contributed by atoms with Gasteiger partial charge >= 0.3 is 0 Å². The average molecular weight is 586 g/mol. The fraction of sp³-hybridized carbons (Fsp3) is 0.0400. The second kappa shape index (κ2) is 11.7. The maximum atomic E-state index is 13.1. The highest BCUT2D eigenvalue weighted by molar-refractivity contribution is 7.98. The van der Waals surface area contributed by atoms with Gasteiger partial charge < -0.3 is 10.1 Å². The minimum atomic E-state index is -4.11. The van der Waals surface area contributed by atoms with Crippen LogP contribution in [0.5, 0.6) is 11.5 Å². The summed E-state index contributed by atoms with van der Waals surface area (Å²) in [6, 6.07) is 18.6. The molecule has 9 nitrogen and oxygen atoms in total. The third kappa shape index (κ3) is 6.35. The molecular formula is C25H17Cl2N5O4S2. The van der Waals surface area contributed by atoms with E-state index in [0.717, 1.165) is 0 Å². The van der Waals surface area contributed by atoms with Crippen molar-refractivity contribution in [3.63, 3.8) is 0 Å². The number of carbonyl (C=O) groups is 1. The van der Waals surface area contributed by atoms with Gasteiger partial charge in [-0.15, -0.1) is 0 Å². The SMILES string of the molecule is CSc1ncc(C#N)c(NC(=O)c2cc(Cl)ccc2NS(=O)(=O)c2ccc(Oc3ccccc3Cl)cc2)n1. The van der Waals surface area contributed by atoms with Crippen molar-refractivity contribution in [2.24, 2.45) is 0 Å². The average Bonchev–Trinajstić information content (AvgIpc) is 2.91. The molecule has 38 heavy (non-hydrogen) atoms. The number of rotatable bonds is 8. The zero-order valence-corrected chi connectivity index (χ0v) is 22.6. The summed E-state index contributed by atoms with van der Waals surface area (Å²) in [7, 11) is -4.11. The molecular weight excluding hydrogens is 569 g/mol. The molecule has 192 valence electrons. The molecule has 13 heteroatoms. The number of benzene rings is 3. The molecule has 4 aromatic rings. The molecule has 1 amide bonds.